The molecular formula is C22H16N2O3S. The van der Waals surface area contributed by atoms with Gasteiger partial charge in [-0.15, -0.1) is 11.3 Å². The van der Waals surface area contributed by atoms with Gasteiger partial charge in [0.05, 0.1) is 22.3 Å². The smallest absolute Gasteiger partial charge is 0.263 e. The third-order valence-electron chi connectivity index (χ3n) is 5.18. The molecule has 1 aliphatic heterocycles. The lowest BCUT2D eigenvalue weighted by Crippen LogP contribution is -2.30. The third kappa shape index (κ3) is 2.57. The molecule has 4 aromatic rings. The van der Waals surface area contributed by atoms with Crippen LogP contribution in [0.1, 0.15) is 16.8 Å². The molecule has 1 amide bonds. The summed E-state index contributed by atoms with van der Waals surface area (Å²) in [6.07, 6.45) is 2.11. The fourth-order valence-electron chi connectivity index (χ4n) is 3.77. The molecule has 138 valence electrons. The Hall–Kier alpha value is -3.25. The van der Waals surface area contributed by atoms with Crippen LogP contribution in [-0.2, 0) is 4.79 Å². The Bertz CT molecular complexity index is 1300. The van der Waals surface area contributed by atoms with Gasteiger partial charge in [0.1, 0.15) is 0 Å². The van der Waals surface area contributed by atoms with E-state index in [9.17, 15) is 14.4 Å². The number of ketones is 1. The van der Waals surface area contributed by atoms with E-state index < -0.39 is 0 Å². The van der Waals surface area contributed by atoms with Crippen LogP contribution in [0.2, 0.25) is 0 Å². The lowest BCUT2D eigenvalue weighted by Gasteiger charge is -2.17. The normalized spacial score (nSPS) is 14.3. The zero-order chi connectivity index (χ0) is 19.3. The molecule has 4 heterocycles. The van der Waals surface area contributed by atoms with Gasteiger partial charge in [-0.3, -0.25) is 18.8 Å². The van der Waals surface area contributed by atoms with Gasteiger partial charge in [-0.05, 0) is 34.5 Å². The van der Waals surface area contributed by atoms with Crippen LogP contribution in [0.15, 0.2) is 64.9 Å². The van der Waals surface area contributed by atoms with Crippen LogP contribution in [0.5, 0.6) is 0 Å². The number of carbonyl (C=O) groups is 2. The second-order valence-electron chi connectivity index (χ2n) is 6.90. The van der Waals surface area contributed by atoms with Crippen molar-refractivity contribution in [2.45, 2.75) is 6.42 Å². The summed E-state index contributed by atoms with van der Waals surface area (Å²) >= 11 is 1.50. The van der Waals surface area contributed by atoms with Crippen LogP contribution < -0.4 is 5.56 Å². The molecule has 1 aliphatic rings. The number of likely N-dealkylation sites (tertiary alicyclic amines) is 1. The average molecular weight is 388 g/mol. The number of thiophene rings is 1. The maximum absolute atomic E-state index is 13.3. The number of amides is 1. The minimum atomic E-state index is -0.207. The molecule has 1 saturated heterocycles. The third-order valence-corrected chi connectivity index (χ3v) is 6.11. The van der Waals surface area contributed by atoms with Gasteiger partial charge in [-0.25, -0.2) is 0 Å². The van der Waals surface area contributed by atoms with Gasteiger partial charge in [0, 0.05) is 24.7 Å². The number of fused-ring (bicyclic) bond motifs is 3. The first-order chi connectivity index (χ1) is 13.6. The van der Waals surface area contributed by atoms with E-state index in [1.165, 1.54) is 11.3 Å². The van der Waals surface area contributed by atoms with Crippen LogP contribution in [0.25, 0.3) is 26.7 Å². The summed E-state index contributed by atoms with van der Waals surface area (Å²) in [6.45, 7) is 0.551. The Morgan fingerprint density at radius 1 is 1.04 bits per heavy atom. The number of carbonyl (C=O) groups excluding carboxylic acids is 2. The molecule has 0 aliphatic carbocycles. The van der Waals surface area contributed by atoms with Gasteiger partial charge in [0.2, 0.25) is 0 Å². The Kier molecular flexibility index (Phi) is 3.87. The molecule has 0 unspecified atom stereocenters. The molecule has 1 fully saturated rings. The molecule has 1 aromatic carbocycles. The van der Waals surface area contributed by atoms with E-state index in [-0.39, 0.29) is 23.8 Å². The van der Waals surface area contributed by atoms with Crippen LogP contribution in [0.4, 0.5) is 0 Å². The van der Waals surface area contributed by atoms with Gasteiger partial charge >= 0.3 is 0 Å². The SMILES string of the molecule is O=C1CCN(C(=O)c2cc(-c3ccccc3)c(=O)n3ccc4ccsc4c23)C1. The first-order valence-electron chi connectivity index (χ1n) is 9.05. The molecule has 0 N–H and O–H groups in total. The number of hydrogen-bond donors (Lipinski definition) is 0. The molecule has 6 heteroatoms. The number of benzene rings is 1. The summed E-state index contributed by atoms with van der Waals surface area (Å²) in [4.78, 5) is 39.9. The van der Waals surface area contributed by atoms with Gasteiger partial charge in [-0.2, -0.15) is 0 Å². The van der Waals surface area contributed by atoms with Crippen molar-refractivity contribution in [2.75, 3.05) is 13.1 Å². The van der Waals surface area contributed by atoms with Crippen molar-refractivity contribution in [1.82, 2.24) is 9.30 Å². The fourth-order valence-corrected chi connectivity index (χ4v) is 4.71. The fraction of sp³-hybridized carbons (Fsp3) is 0.136. The van der Waals surface area contributed by atoms with Gasteiger partial charge in [-0.1, -0.05) is 30.3 Å². The van der Waals surface area contributed by atoms with Crippen molar-refractivity contribution < 1.29 is 9.59 Å². The van der Waals surface area contributed by atoms with Crippen LogP contribution in [0, 0.1) is 0 Å². The Labute approximate surface area is 164 Å². The standard InChI is InChI=1S/C22H16N2O3S/c25-16-7-9-23(13-16)21(26)18-12-17(14-4-2-1-3-5-14)22(27)24-10-6-15-8-11-28-20(15)19(18)24/h1-6,8,10-12H,7,9,13H2. The van der Waals surface area contributed by atoms with Crippen LogP contribution >= 0.6 is 11.3 Å². The van der Waals surface area contributed by atoms with E-state index in [0.717, 1.165) is 15.6 Å². The van der Waals surface area contributed by atoms with E-state index in [0.29, 0.717) is 29.6 Å². The van der Waals surface area contributed by atoms with Crippen LogP contribution in [-0.4, -0.2) is 34.1 Å². The summed E-state index contributed by atoms with van der Waals surface area (Å²) in [5, 5.41) is 2.94. The molecule has 5 nitrogen and oxygen atoms in total. The molecule has 0 atom stereocenters. The molecule has 0 spiro atoms. The minimum absolute atomic E-state index is 0.0651. The molecule has 5 rings (SSSR count). The second kappa shape index (κ2) is 6.42. The zero-order valence-corrected chi connectivity index (χ0v) is 15.7. The summed E-state index contributed by atoms with van der Waals surface area (Å²) < 4.78 is 2.46. The van der Waals surface area contributed by atoms with E-state index in [4.69, 9.17) is 0 Å². The van der Waals surface area contributed by atoms with E-state index >= 15 is 0 Å². The van der Waals surface area contributed by atoms with Crippen molar-refractivity contribution in [2.24, 2.45) is 0 Å². The molecule has 3 aromatic heterocycles. The van der Waals surface area contributed by atoms with Gasteiger partial charge in [0.25, 0.3) is 11.5 Å². The minimum Gasteiger partial charge on any atom is -0.331 e. The van der Waals surface area contributed by atoms with Crippen molar-refractivity contribution in [3.63, 3.8) is 0 Å². The van der Waals surface area contributed by atoms with Crippen molar-refractivity contribution >= 4 is 38.6 Å². The highest BCUT2D eigenvalue weighted by atomic mass is 32.1. The highest BCUT2D eigenvalue weighted by molar-refractivity contribution is 7.18. The molecule has 0 saturated carbocycles. The first-order valence-corrected chi connectivity index (χ1v) is 9.93. The topological polar surface area (TPSA) is 58.9 Å². The Balaban J connectivity index is 1.84. The van der Waals surface area contributed by atoms with Gasteiger partial charge < -0.3 is 4.90 Å². The maximum atomic E-state index is 13.3. The number of nitrogens with zero attached hydrogens (tertiary/aromatic N) is 2. The summed E-state index contributed by atoms with van der Waals surface area (Å²) in [7, 11) is 0. The summed E-state index contributed by atoms with van der Waals surface area (Å²) in [5.41, 5.74) is 2.15. The predicted molar refractivity (Wildman–Crippen MR) is 110 cm³/mol. The highest BCUT2D eigenvalue weighted by Crippen LogP contribution is 2.30. The average Bonchev–Trinajstić information content (AvgIpc) is 3.37. The van der Waals surface area contributed by atoms with Crippen LogP contribution in [0.3, 0.4) is 0 Å². The number of pyridine rings is 2. The monoisotopic (exact) mass is 388 g/mol. The highest BCUT2D eigenvalue weighted by Gasteiger charge is 2.28. The van der Waals surface area contributed by atoms with Crippen molar-refractivity contribution in [3.05, 3.63) is 76.0 Å². The lowest BCUT2D eigenvalue weighted by atomic mass is 10.0. The predicted octanol–water partition coefficient (Wildman–Crippen LogP) is 3.60. The second-order valence-corrected chi connectivity index (χ2v) is 7.81. The Morgan fingerprint density at radius 2 is 1.86 bits per heavy atom. The Morgan fingerprint density at radius 3 is 2.61 bits per heavy atom. The lowest BCUT2D eigenvalue weighted by molar-refractivity contribution is -0.116. The van der Waals surface area contributed by atoms with Gasteiger partial charge in [0.15, 0.2) is 5.78 Å². The molecular weight excluding hydrogens is 372 g/mol. The quantitative estimate of drug-likeness (QED) is 0.527. The summed E-state index contributed by atoms with van der Waals surface area (Å²) in [5.74, 6) is -0.142. The van der Waals surface area contributed by atoms with E-state index in [1.54, 1.807) is 21.6 Å². The summed E-state index contributed by atoms with van der Waals surface area (Å²) in [6, 6.07) is 14.9. The largest absolute Gasteiger partial charge is 0.331 e. The number of Topliss-reactive ketones (excluding diaryl/α,β-unsaturated/α-hetero) is 1. The number of rotatable bonds is 2. The molecule has 28 heavy (non-hydrogen) atoms. The molecule has 0 radical (unpaired) electrons. The van der Waals surface area contributed by atoms with E-state index in [1.807, 2.05) is 47.8 Å². The maximum Gasteiger partial charge on any atom is 0.263 e. The van der Waals surface area contributed by atoms with Crippen molar-refractivity contribution in [3.8, 4) is 11.1 Å². The van der Waals surface area contributed by atoms with Crippen molar-refractivity contribution in [1.29, 1.82) is 0 Å². The number of aromatic nitrogens is 1. The number of hydrogen-bond acceptors (Lipinski definition) is 4. The zero-order valence-electron chi connectivity index (χ0n) is 14.9. The van der Waals surface area contributed by atoms with E-state index in [2.05, 4.69) is 0 Å². The molecule has 0 bridgehead atoms. The first kappa shape index (κ1) is 16.9.